The quantitative estimate of drug-likeness (QED) is 0.640. The van der Waals surface area contributed by atoms with Gasteiger partial charge in [-0.15, -0.1) is 0 Å². The number of nitrogens with zero attached hydrogens (tertiary/aromatic N) is 3. The maximum atomic E-state index is 12.5. The predicted octanol–water partition coefficient (Wildman–Crippen LogP) is 4.43. The van der Waals surface area contributed by atoms with Crippen molar-refractivity contribution >= 4 is 29.4 Å². The van der Waals surface area contributed by atoms with Gasteiger partial charge in [-0.1, -0.05) is 30.0 Å². The molecule has 0 unspecified atom stereocenters. The first-order valence-corrected chi connectivity index (χ1v) is 11.0. The van der Waals surface area contributed by atoms with Gasteiger partial charge in [-0.3, -0.25) is 4.79 Å². The van der Waals surface area contributed by atoms with Crippen LogP contribution in [0.15, 0.2) is 72.1 Å². The second-order valence-electron chi connectivity index (χ2n) is 7.34. The topological polar surface area (TPSA) is 76.5 Å². The summed E-state index contributed by atoms with van der Waals surface area (Å²) < 4.78 is 7.52. The molecule has 0 saturated carbocycles. The summed E-state index contributed by atoms with van der Waals surface area (Å²) in [5.74, 6) is 0.267. The van der Waals surface area contributed by atoms with Crippen LogP contribution in [0.5, 0.6) is 5.75 Å². The lowest BCUT2D eigenvalue weighted by molar-refractivity contribution is 0.102. The lowest BCUT2D eigenvalue weighted by Crippen LogP contribution is -2.40. The lowest BCUT2D eigenvalue weighted by atomic mass is 10.1. The van der Waals surface area contributed by atoms with Gasteiger partial charge in [-0.25, -0.2) is 9.78 Å². The van der Waals surface area contributed by atoms with Crippen LogP contribution in [0, 0.1) is 0 Å². The minimum Gasteiger partial charge on any atom is -0.410 e. The number of amides is 2. The van der Waals surface area contributed by atoms with Crippen molar-refractivity contribution in [1.29, 1.82) is 0 Å². The van der Waals surface area contributed by atoms with Gasteiger partial charge < -0.3 is 19.5 Å². The molecule has 1 aromatic heterocycles. The standard InChI is InChI=1S/C23H24N4O3S/c1-26-16-13-24-22(26)31-20-11-14-27(15-12-20)23(29)30-19-9-7-18(8-10-19)25-21(28)17-5-3-2-4-6-17/h2-10,13,16,20H,11-12,14-15H2,1H3,(H,25,28). The molecule has 1 aliphatic heterocycles. The summed E-state index contributed by atoms with van der Waals surface area (Å²) in [7, 11) is 1.99. The average Bonchev–Trinajstić information content (AvgIpc) is 3.20. The van der Waals surface area contributed by atoms with E-state index < -0.39 is 0 Å². The SMILES string of the molecule is Cn1ccnc1SC1CCN(C(=O)Oc2ccc(NC(=O)c3ccccc3)cc2)CC1. The largest absolute Gasteiger partial charge is 0.415 e. The molecule has 0 aliphatic carbocycles. The van der Waals surface area contributed by atoms with E-state index in [1.54, 1.807) is 59.3 Å². The summed E-state index contributed by atoms with van der Waals surface area (Å²) in [6, 6.07) is 15.8. The number of carbonyl (C=O) groups is 2. The first-order valence-electron chi connectivity index (χ1n) is 10.2. The molecule has 0 spiro atoms. The number of carbonyl (C=O) groups excluding carboxylic acids is 2. The molecule has 31 heavy (non-hydrogen) atoms. The Morgan fingerprint density at radius 1 is 1.06 bits per heavy atom. The van der Waals surface area contributed by atoms with E-state index in [0.29, 0.717) is 35.3 Å². The van der Waals surface area contributed by atoms with Crippen LogP contribution in [0.25, 0.3) is 0 Å². The molecule has 160 valence electrons. The van der Waals surface area contributed by atoms with Crippen molar-refractivity contribution in [1.82, 2.24) is 14.5 Å². The normalized spacial score (nSPS) is 14.3. The molecule has 0 radical (unpaired) electrons. The summed E-state index contributed by atoms with van der Waals surface area (Å²) in [5.41, 5.74) is 1.23. The van der Waals surface area contributed by atoms with Gasteiger partial charge in [0.1, 0.15) is 5.75 Å². The molecule has 2 amide bonds. The molecule has 2 heterocycles. The highest BCUT2D eigenvalue weighted by molar-refractivity contribution is 7.99. The molecule has 3 aromatic rings. The Hall–Kier alpha value is -3.26. The Labute approximate surface area is 185 Å². The maximum absolute atomic E-state index is 12.5. The van der Waals surface area contributed by atoms with Crippen LogP contribution in [0.2, 0.25) is 0 Å². The van der Waals surface area contributed by atoms with E-state index in [0.717, 1.165) is 18.0 Å². The highest BCUT2D eigenvalue weighted by Gasteiger charge is 2.25. The summed E-state index contributed by atoms with van der Waals surface area (Å²) in [5, 5.41) is 4.27. The molecule has 1 saturated heterocycles. The highest BCUT2D eigenvalue weighted by Crippen LogP contribution is 2.29. The van der Waals surface area contributed by atoms with Crippen LogP contribution in [0.1, 0.15) is 23.2 Å². The number of hydrogen-bond acceptors (Lipinski definition) is 5. The zero-order valence-electron chi connectivity index (χ0n) is 17.2. The number of aromatic nitrogens is 2. The summed E-state index contributed by atoms with van der Waals surface area (Å²) >= 11 is 1.76. The summed E-state index contributed by atoms with van der Waals surface area (Å²) in [6.07, 6.45) is 5.19. The minimum atomic E-state index is -0.346. The molecule has 8 heteroatoms. The number of imidazole rings is 1. The Morgan fingerprint density at radius 2 is 1.77 bits per heavy atom. The van der Waals surface area contributed by atoms with Gasteiger partial charge in [0.05, 0.1) is 0 Å². The Balaban J connectivity index is 1.25. The van der Waals surface area contributed by atoms with Crippen molar-refractivity contribution in [2.75, 3.05) is 18.4 Å². The molecule has 4 rings (SSSR count). The second kappa shape index (κ2) is 9.70. The van der Waals surface area contributed by atoms with Gasteiger partial charge >= 0.3 is 6.09 Å². The summed E-state index contributed by atoms with van der Waals surface area (Å²) in [4.78, 5) is 30.8. The monoisotopic (exact) mass is 436 g/mol. The molecule has 7 nitrogen and oxygen atoms in total. The molecular weight excluding hydrogens is 412 g/mol. The zero-order chi connectivity index (χ0) is 21.6. The third kappa shape index (κ3) is 5.46. The smallest absolute Gasteiger partial charge is 0.410 e. The van der Waals surface area contributed by atoms with E-state index in [1.807, 2.05) is 36.0 Å². The molecule has 0 bridgehead atoms. The number of thioether (sulfide) groups is 1. The van der Waals surface area contributed by atoms with E-state index >= 15 is 0 Å². The number of hydrogen-bond donors (Lipinski definition) is 1. The maximum Gasteiger partial charge on any atom is 0.415 e. The van der Waals surface area contributed by atoms with Crippen LogP contribution in [0.3, 0.4) is 0 Å². The third-order valence-electron chi connectivity index (χ3n) is 5.10. The fraction of sp³-hybridized carbons (Fsp3) is 0.261. The number of nitrogens with one attached hydrogen (secondary N) is 1. The fourth-order valence-electron chi connectivity index (χ4n) is 3.34. The number of benzene rings is 2. The first-order chi connectivity index (χ1) is 15.1. The molecule has 2 aromatic carbocycles. The van der Waals surface area contributed by atoms with Crippen LogP contribution in [-0.2, 0) is 7.05 Å². The average molecular weight is 437 g/mol. The van der Waals surface area contributed by atoms with Crippen molar-refractivity contribution in [3.8, 4) is 5.75 Å². The van der Waals surface area contributed by atoms with E-state index in [-0.39, 0.29) is 12.0 Å². The second-order valence-corrected chi connectivity index (χ2v) is 8.60. The Kier molecular flexibility index (Phi) is 6.57. The summed E-state index contributed by atoms with van der Waals surface area (Å²) in [6.45, 7) is 1.32. The molecule has 1 aliphatic rings. The molecular formula is C23H24N4O3S. The number of ether oxygens (including phenoxy) is 1. The Bertz CT molecular complexity index is 1030. The lowest BCUT2D eigenvalue weighted by Gasteiger charge is -2.30. The first kappa shape index (κ1) is 21.0. The highest BCUT2D eigenvalue weighted by atomic mass is 32.2. The van der Waals surface area contributed by atoms with Gasteiger partial charge in [0.2, 0.25) is 0 Å². The van der Waals surface area contributed by atoms with Crippen LogP contribution in [0.4, 0.5) is 10.5 Å². The minimum absolute atomic E-state index is 0.184. The van der Waals surface area contributed by atoms with Crippen LogP contribution in [-0.4, -0.2) is 44.8 Å². The molecule has 1 N–H and O–H groups in total. The van der Waals surface area contributed by atoms with Gasteiger partial charge in [0, 0.05) is 49.0 Å². The van der Waals surface area contributed by atoms with Crippen LogP contribution < -0.4 is 10.1 Å². The van der Waals surface area contributed by atoms with Gasteiger partial charge in [0.25, 0.3) is 5.91 Å². The molecule has 1 fully saturated rings. The number of anilines is 1. The number of rotatable bonds is 5. The van der Waals surface area contributed by atoms with E-state index in [9.17, 15) is 9.59 Å². The van der Waals surface area contributed by atoms with E-state index in [4.69, 9.17) is 4.74 Å². The Morgan fingerprint density at radius 3 is 2.42 bits per heavy atom. The van der Waals surface area contributed by atoms with Crippen molar-refractivity contribution in [3.63, 3.8) is 0 Å². The van der Waals surface area contributed by atoms with Crippen molar-refractivity contribution in [3.05, 3.63) is 72.6 Å². The van der Waals surface area contributed by atoms with E-state index in [1.165, 1.54) is 0 Å². The van der Waals surface area contributed by atoms with Gasteiger partial charge in [-0.05, 0) is 49.2 Å². The number of piperidine rings is 1. The zero-order valence-corrected chi connectivity index (χ0v) is 18.0. The fourth-order valence-corrected chi connectivity index (χ4v) is 4.43. The van der Waals surface area contributed by atoms with Crippen LogP contribution >= 0.6 is 11.8 Å². The van der Waals surface area contributed by atoms with Gasteiger partial charge in [-0.2, -0.15) is 0 Å². The van der Waals surface area contributed by atoms with Crippen molar-refractivity contribution in [2.24, 2.45) is 7.05 Å². The van der Waals surface area contributed by atoms with Crippen molar-refractivity contribution < 1.29 is 14.3 Å². The van der Waals surface area contributed by atoms with E-state index in [2.05, 4.69) is 10.3 Å². The van der Waals surface area contributed by atoms with Gasteiger partial charge in [0.15, 0.2) is 5.16 Å². The number of aryl methyl sites for hydroxylation is 1. The third-order valence-corrected chi connectivity index (χ3v) is 6.51. The molecule has 0 atom stereocenters. The van der Waals surface area contributed by atoms with Crippen molar-refractivity contribution in [2.45, 2.75) is 23.2 Å². The predicted molar refractivity (Wildman–Crippen MR) is 121 cm³/mol. The number of likely N-dealkylation sites (tertiary alicyclic amines) is 1.